The molecule has 1 heterocycles. The van der Waals surface area contributed by atoms with Crippen LogP contribution >= 0.6 is 15.9 Å². The van der Waals surface area contributed by atoms with Gasteiger partial charge in [-0.05, 0) is 18.2 Å². The van der Waals surface area contributed by atoms with Gasteiger partial charge in [0.15, 0.2) is 0 Å². The Bertz CT molecular complexity index is 606. The number of rotatable bonds is 4. The topological polar surface area (TPSA) is 81.0 Å². The molecule has 0 radical (unpaired) electrons. The van der Waals surface area contributed by atoms with E-state index in [9.17, 15) is 14.5 Å². The van der Waals surface area contributed by atoms with Crippen LogP contribution in [0.2, 0.25) is 0 Å². The van der Waals surface area contributed by atoms with Crippen molar-refractivity contribution in [3.63, 3.8) is 0 Å². The van der Waals surface area contributed by atoms with Crippen LogP contribution in [0.1, 0.15) is 5.56 Å². The minimum absolute atomic E-state index is 0.184. The first-order valence-corrected chi connectivity index (χ1v) is 6.00. The molecule has 98 valence electrons. The van der Waals surface area contributed by atoms with Crippen LogP contribution in [0.25, 0.3) is 0 Å². The molecule has 0 aliphatic rings. The molecule has 0 saturated carbocycles. The van der Waals surface area contributed by atoms with E-state index in [0.29, 0.717) is 5.56 Å². The van der Waals surface area contributed by atoms with Crippen molar-refractivity contribution >= 4 is 27.6 Å². The minimum atomic E-state index is -0.586. The average Bonchev–Trinajstić information content (AvgIpc) is 2.40. The number of nitro groups is 1. The van der Waals surface area contributed by atoms with E-state index < -0.39 is 4.92 Å². The number of halogens is 2. The zero-order valence-corrected chi connectivity index (χ0v) is 11.1. The predicted octanol–water partition coefficient (Wildman–Crippen LogP) is 2.90. The van der Waals surface area contributed by atoms with Gasteiger partial charge in [-0.15, -0.1) is 0 Å². The van der Waals surface area contributed by atoms with E-state index in [-0.39, 0.29) is 24.0 Å². The van der Waals surface area contributed by atoms with E-state index in [1.807, 2.05) is 0 Å². The summed E-state index contributed by atoms with van der Waals surface area (Å²) in [5.74, 6) is -0.150. The molecule has 0 spiro atoms. The van der Waals surface area contributed by atoms with Crippen molar-refractivity contribution in [1.29, 1.82) is 0 Å². The second-order valence-corrected chi connectivity index (χ2v) is 4.53. The molecule has 2 rings (SSSR count). The van der Waals surface area contributed by atoms with Crippen molar-refractivity contribution in [3.8, 4) is 0 Å². The van der Waals surface area contributed by atoms with Crippen LogP contribution in [0.15, 0.2) is 35.1 Å². The maximum absolute atomic E-state index is 13.5. The molecule has 0 bridgehead atoms. The fraction of sp³-hybridized carbons (Fsp3) is 0.0909. The van der Waals surface area contributed by atoms with Crippen LogP contribution < -0.4 is 5.32 Å². The Hall–Kier alpha value is -2.09. The quantitative estimate of drug-likeness (QED) is 0.690. The SMILES string of the molecule is O=[N+]([O-])c1cnc(NCc2cc(Br)ccc2F)nc1. The van der Waals surface area contributed by atoms with E-state index in [1.54, 1.807) is 12.1 Å². The number of benzene rings is 1. The molecule has 1 aromatic heterocycles. The van der Waals surface area contributed by atoms with E-state index in [1.165, 1.54) is 6.07 Å². The van der Waals surface area contributed by atoms with Crippen molar-refractivity contribution < 1.29 is 9.31 Å². The fourth-order valence-electron chi connectivity index (χ4n) is 1.36. The Morgan fingerprint density at radius 2 is 2.05 bits per heavy atom. The van der Waals surface area contributed by atoms with Crippen molar-refractivity contribution in [3.05, 3.63) is 56.6 Å². The Balaban J connectivity index is 2.06. The number of aromatic nitrogens is 2. The molecule has 0 unspecified atom stereocenters. The maximum Gasteiger partial charge on any atom is 0.305 e. The monoisotopic (exact) mass is 326 g/mol. The molecule has 2 aromatic rings. The summed E-state index contributed by atoms with van der Waals surface area (Å²) in [4.78, 5) is 17.4. The molecule has 0 fully saturated rings. The first-order valence-electron chi connectivity index (χ1n) is 5.20. The van der Waals surface area contributed by atoms with E-state index >= 15 is 0 Å². The smallest absolute Gasteiger partial charge is 0.305 e. The summed E-state index contributed by atoms with van der Waals surface area (Å²) < 4.78 is 14.2. The number of hydrogen-bond donors (Lipinski definition) is 1. The highest BCUT2D eigenvalue weighted by atomic mass is 79.9. The first kappa shape index (κ1) is 13.3. The predicted molar refractivity (Wildman–Crippen MR) is 70.1 cm³/mol. The van der Waals surface area contributed by atoms with Gasteiger partial charge in [0.2, 0.25) is 5.95 Å². The second-order valence-electron chi connectivity index (χ2n) is 3.61. The van der Waals surface area contributed by atoms with Crippen molar-refractivity contribution in [2.24, 2.45) is 0 Å². The third kappa shape index (κ3) is 3.44. The molecule has 0 aliphatic heterocycles. The van der Waals surface area contributed by atoms with Gasteiger partial charge >= 0.3 is 5.69 Å². The molecular weight excluding hydrogens is 319 g/mol. The highest BCUT2D eigenvalue weighted by Gasteiger charge is 2.07. The highest BCUT2D eigenvalue weighted by molar-refractivity contribution is 9.10. The standard InChI is InChI=1S/C11H8BrFN4O2/c12-8-1-2-10(13)7(3-8)4-14-11-15-5-9(6-16-11)17(18)19/h1-3,5-6H,4H2,(H,14,15,16). The number of hydrogen-bond acceptors (Lipinski definition) is 5. The van der Waals surface area contributed by atoms with Crippen LogP contribution in [-0.2, 0) is 6.54 Å². The van der Waals surface area contributed by atoms with Gasteiger partial charge in [-0.2, -0.15) is 0 Å². The summed E-state index contributed by atoms with van der Waals surface area (Å²) in [6.45, 7) is 0.184. The third-order valence-corrected chi connectivity index (χ3v) is 2.79. The highest BCUT2D eigenvalue weighted by Crippen LogP contribution is 2.16. The summed E-state index contributed by atoms with van der Waals surface area (Å²) in [7, 11) is 0. The number of anilines is 1. The first-order chi connectivity index (χ1) is 9.06. The zero-order valence-electron chi connectivity index (χ0n) is 9.51. The molecule has 0 saturated heterocycles. The van der Waals surface area contributed by atoms with Gasteiger partial charge in [-0.25, -0.2) is 14.4 Å². The summed E-state index contributed by atoms with van der Waals surface area (Å²) in [5.41, 5.74) is 0.246. The van der Waals surface area contributed by atoms with Gasteiger partial charge in [-0.1, -0.05) is 15.9 Å². The lowest BCUT2D eigenvalue weighted by Crippen LogP contribution is -2.05. The van der Waals surface area contributed by atoms with Crippen LogP contribution in [0.5, 0.6) is 0 Å². The van der Waals surface area contributed by atoms with Crippen molar-refractivity contribution in [2.45, 2.75) is 6.54 Å². The summed E-state index contributed by atoms with van der Waals surface area (Å²) in [6, 6.07) is 4.58. The molecule has 1 aromatic carbocycles. The van der Waals surface area contributed by atoms with Crippen LogP contribution in [-0.4, -0.2) is 14.9 Å². The van der Waals surface area contributed by atoms with E-state index in [2.05, 4.69) is 31.2 Å². The van der Waals surface area contributed by atoms with Gasteiger partial charge in [0.05, 0.1) is 4.92 Å². The Labute approximate surface area is 116 Å². The van der Waals surface area contributed by atoms with Crippen LogP contribution in [0, 0.1) is 15.9 Å². The number of nitrogens with one attached hydrogen (secondary N) is 1. The van der Waals surface area contributed by atoms with Crippen molar-refractivity contribution in [1.82, 2.24) is 9.97 Å². The normalized spacial score (nSPS) is 10.2. The molecule has 0 aliphatic carbocycles. The third-order valence-electron chi connectivity index (χ3n) is 2.29. The Morgan fingerprint density at radius 3 is 2.68 bits per heavy atom. The lowest BCUT2D eigenvalue weighted by atomic mass is 10.2. The van der Waals surface area contributed by atoms with Gasteiger partial charge in [-0.3, -0.25) is 10.1 Å². The fourth-order valence-corrected chi connectivity index (χ4v) is 1.77. The minimum Gasteiger partial charge on any atom is -0.350 e. The van der Waals surface area contributed by atoms with Crippen LogP contribution in [0.4, 0.5) is 16.0 Å². The molecule has 8 heteroatoms. The summed E-state index contributed by atoms with van der Waals surface area (Å²) >= 11 is 3.25. The van der Waals surface area contributed by atoms with Gasteiger partial charge < -0.3 is 5.32 Å². The molecule has 1 N–H and O–H groups in total. The lowest BCUT2D eigenvalue weighted by molar-refractivity contribution is -0.385. The molecule has 0 amide bonds. The maximum atomic E-state index is 13.5. The molecule has 0 atom stereocenters. The lowest BCUT2D eigenvalue weighted by Gasteiger charge is -2.06. The average molecular weight is 327 g/mol. The van der Waals surface area contributed by atoms with Crippen molar-refractivity contribution in [2.75, 3.05) is 5.32 Å². The molecule has 6 nitrogen and oxygen atoms in total. The van der Waals surface area contributed by atoms with E-state index in [0.717, 1.165) is 16.9 Å². The summed E-state index contributed by atoms with van der Waals surface area (Å²) in [6.07, 6.45) is 2.18. The molecule has 19 heavy (non-hydrogen) atoms. The Morgan fingerprint density at radius 1 is 1.37 bits per heavy atom. The second kappa shape index (κ2) is 5.70. The van der Waals surface area contributed by atoms with Crippen LogP contribution in [0.3, 0.4) is 0 Å². The Kier molecular flexibility index (Phi) is 4.00. The zero-order chi connectivity index (χ0) is 13.8. The molecular formula is C11H8BrFN4O2. The van der Waals surface area contributed by atoms with Gasteiger partial charge in [0.25, 0.3) is 0 Å². The number of nitrogens with zero attached hydrogens (tertiary/aromatic N) is 3. The van der Waals surface area contributed by atoms with Gasteiger partial charge in [0.1, 0.15) is 18.2 Å². The van der Waals surface area contributed by atoms with E-state index in [4.69, 9.17) is 0 Å². The van der Waals surface area contributed by atoms with Gasteiger partial charge in [0, 0.05) is 16.6 Å². The summed E-state index contributed by atoms with van der Waals surface area (Å²) in [5, 5.41) is 13.2. The largest absolute Gasteiger partial charge is 0.350 e.